The summed E-state index contributed by atoms with van der Waals surface area (Å²) >= 11 is 0. The Morgan fingerprint density at radius 2 is 1.39 bits per heavy atom. The molecule has 0 unspecified atom stereocenters. The van der Waals surface area contributed by atoms with Crippen LogP contribution in [0.15, 0.2) is 63.7 Å². The van der Waals surface area contributed by atoms with E-state index in [2.05, 4.69) is 115 Å². The predicted octanol–water partition coefficient (Wildman–Crippen LogP) is 10.5. The molecule has 0 amide bonds. The molecule has 0 aliphatic rings. The van der Waals surface area contributed by atoms with Crippen LogP contribution in [0.2, 0.25) is 0 Å². The summed E-state index contributed by atoms with van der Waals surface area (Å²) in [5.74, 6) is 1.76. The third-order valence-electron chi connectivity index (χ3n) is 8.08. The first-order valence-electron chi connectivity index (χ1n) is 14.7. The molecule has 0 aliphatic heterocycles. The van der Waals surface area contributed by atoms with Gasteiger partial charge in [0, 0.05) is 33.0 Å². The fraction of sp³-hybridized carbons (Fsp3) is 0.361. The Bertz CT molecular complexity index is 1890. The first kappa shape index (κ1) is 27.2. The van der Waals surface area contributed by atoms with Crippen molar-refractivity contribution in [2.75, 3.05) is 0 Å². The molecule has 0 N–H and O–H groups in total. The van der Waals surface area contributed by atoms with Gasteiger partial charge in [0.1, 0.15) is 11.9 Å². The summed E-state index contributed by atoms with van der Waals surface area (Å²) in [6, 6.07) is 17.1. The van der Waals surface area contributed by atoms with Gasteiger partial charge in [-0.05, 0) is 58.7 Å². The van der Waals surface area contributed by atoms with Crippen molar-refractivity contribution < 1.29 is 8.83 Å². The molecule has 0 aliphatic carbocycles. The van der Waals surface area contributed by atoms with E-state index >= 15 is 0 Å². The van der Waals surface area contributed by atoms with Gasteiger partial charge in [0.15, 0.2) is 16.7 Å². The Labute approximate surface area is 242 Å². The van der Waals surface area contributed by atoms with Crippen LogP contribution >= 0.6 is 0 Å². The molecule has 6 aromatic rings. The standard InChI is InChI=1S/C36H39N3O2/c1-19(2)22-15-26(20(3)4)31(27(16-22)21(5)6)35-39-32-29(40-35)14-13-24-23-11-10-12-25(33(23)41-34(24)32)28-17-30(36(7,8)9)38-18-37-28/h10-21H,1-9H3. The van der Waals surface area contributed by atoms with E-state index in [1.165, 1.54) is 16.7 Å². The van der Waals surface area contributed by atoms with Crippen molar-refractivity contribution in [3.05, 3.63) is 77.2 Å². The van der Waals surface area contributed by atoms with Crippen molar-refractivity contribution in [2.45, 2.75) is 85.5 Å². The third kappa shape index (κ3) is 4.61. The molecular formula is C36H39N3O2. The van der Waals surface area contributed by atoms with Crippen molar-refractivity contribution in [2.24, 2.45) is 0 Å². The van der Waals surface area contributed by atoms with Gasteiger partial charge in [-0.15, -0.1) is 0 Å². The highest BCUT2D eigenvalue weighted by Gasteiger charge is 2.25. The van der Waals surface area contributed by atoms with Crippen molar-refractivity contribution in [3.63, 3.8) is 0 Å². The molecule has 0 saturated carbocycles. The molecule has 0 fully saturated rings. The Hall–Kier alpha value is -3.99. The molecular weight excluding hydrogens is 506 g/mol. The fourth-order valence-corrected chi connectivity index (χ4v) is 5.67. The van der Waals surface area contributed by atoms with Gasteiger partial charge in [-0.3, -0.25) is 0 Å². The summed E-state index contributed by atoms with van der Waals surface area (Å²) in [5, 5.41) is 2.05. The minimum atomic E-state index is -0.0835. The highest BCUT2D eigenvalue weighted by Crippen LogP contribution is 2.42. The number of fused-ring (bicyclic) bond motifs is 5. The Kier molecular flexibility index (Phi) is 6.52. The lowest BCUT2D eigenvalue weighted by atomic mass is 9.84. The van der Waals surface area contributed by atoms with Gasteiger partial charge in [-0.25, -0.2) is 15.0 Å². The zero-order valence-corrected chi connectivity index (χ0v) is 25.6. The lowest BCUT2D eigenvalue weighted by Crippen LogP contribution is -2.13. The van der Waals surface area contributed by atoms with Gasteiger partial charge in [0.2, 0.25) is 5.89 Å². The van der Waals surface area contributed by atoms with Gasteiger partial charge in [-0.2, -0.15) is 0 Å². The largest absolute Gasteiger partial charge is 0.453 e. The number of furan rings is 1. The maximum atomic E-state index is 6.65. The van der Waals surface area contributed by atoms with Crippen molar-refractivity contribution in [1.29, 1.82) is 0 Å². The van der Waals surface area contributed by atoms with E-state index in [4.69, 9.17) is 13.8 Å². The number of aromatic nitrogens is 3. The molecule has 3 heterocycles. The highest BCUT2D eigenvalue weighted by molar-refractivity contribution is 6.15. The van der Waals surface area contributed by atoms with E-state index in [1.807, 2.05) is 6.07 Å². The minimum Gasteiger partial charge on any atom is -0.453 e. The fourth-order valence-electron chi connectivity index (χ4n) is 5.67. The molecule has 0 spiro atoms. The van der Waals surface area contributed by atoms with Gasteiger partial charge in [0.25, 0.3) is 0 Å². The van der Waals surface area contributed by atoms with E-state index in [-0.39, 0.29) is 5.41 Å². The summed E-state index contributed by atoms with van der Waals surface area (Å²) in [5.41, 5.74) is 10.7. The lowest BCUT2D eigenvalue weighted by Gasteiger charge is -2.21. The van der Waals surface area contributed by atoms with Crippen LogP contribution in [0, 0.1) is 0 Å². The summed E-state index contributed by atoms with van der Waals surface area (Å²) in [4.78, 5) is 14.3. The number of hydrogen-bond donors (Lipinski definition) is 0. The van der Waals surface area contributed by atoms with Gasteiger partial charge < -0.3 is 8.83 Å². The SMILES string of the molecule is CC(C)c1cc(C(C)C)c(-c2nc3c(ccc4c5cccc(-c6cc(C(C)(C)C)ncn6)c5oc43)o2)c(C(C)C)c1. The Balaban J connectivity index is 1.59. The second kappa shape index (κ2) is 9.83. The topological polar surface area (TPSA) is 65.0 Å². The number of oxazole rings is 1. The zero-order valence-electron chi connectivity index (χ0n) is 25.6. The lowest BCUT2D eigenvalue weighted by molar-refractivity contribution is 0.567. The molecule has 0 saturated heterocycles. The molecule has 0 bridgehead atoms. The second-order valence-electron chi connectivity index (χ2n) is 13.2. The van der Waals surface area contributed by atoms with Crippen LogP contribution < -0.4 is 0 Å². The number of hydrogen-bond acceptors (Lipinski definition) is 5. The van der Waals surface area contributed by atoms with E-state index in [9.17, 15) is 0 Å². The van der Waals surface area contributed by atoms with Crippen molar-refractivity contribution in [1.82, 2.24) is 15.0 Å². The van der Waals surface area contributed by atoms with E-state index in [0.717, 1.165) is 55.6 Å². The maximum Gasteiger partial charge on any atom is 0.228 e. The number of rotatable bonds is 5. The maximum absolute atomic E-state index is 6.65. The molecule has 210 valence electrons. The molecule has 3 aromatic carbocycles. The summed E-state index contributed by atoms with van der Waals surface area (Å²) in [6.07, 6.45) is 1.64. The number of para-hydroxylation sites is 1. The van der Waals surface area contributed by atoms with E-state index in [0.29, 0.717) is 23.6 Å². The van der Waals surface area contributed by atoms with Crippen LogP contribution in [0.3, 0.4) is 0 Å². The first-order valence-corrected chi connectivity index (χ1v) is 14.7. The minimum absolute atomic E-state index is 0.0835. The second-order valence-corrected chi connectivity index (χ2v) is 13.2. The van der Waals surface area contributed by atoms with Crippen LogP contribution in [-0.4, -0.2) is 15.0 Å². The molecule has 41 heavy (non-hydrogen) atoms. The van der Waals surface area contributed by atoms with Gasteiger partial charge in [0.05, 0.1) is 5.69 Å². The molecule has 0 atom stereocenters. The summed E-state index contributed by atoms with van der Waals surface area (Å²) in [6.45, 7) is 19.9. The van der Waals surface area contributed by atoms with Crippen LogP contribution in [0.4, 0.5) is 0 Å². The average molecular weight is 546 g/mol. The monoisotopic (exact) mass is 545 g/mol. The normalized spacial score (nSPS) is 12.7. The number of benzene rings is 3. The van der Waals surface area contributed by atoms with Gasteiger partial charge in [-0.1, -0.05) is 86.6 Å². The average Bonchev–Trinajstić information content (AvgIpc) is 3.53. The third-order valence-corrected chi connectivity index (χ3v) is 8.08. The Morgan fingerprint density at radius 3 is 2.02 bits per heavy atom. The van der Waals surface area contributed by atoms with Crippen LogP contribution in [-0.2, 0) is 5.41 Å². The molecule has 5 heteroatoms. The van der Waals surface area contributed by atoms with Crippen LogP contribution in [0.25, 0.3) is 55.7 Å². The first-order chi connectivity index (χ1) is 19.4. The Morgan fingerprint density at radius 1 is 0.707 bits per heavy atom. The summed E-state index contributed by atoms with van der Waals surface area (Å²) < 4.78 is 13.2. The van der Waals surface area contributed by atoms with Crippen LogP contribution in [0.1, 0.15) is 102 Å². The van der Waals surface area contributed by atoms with E-state index < -0.39 is 0 Å². The zero-order chi connectivity index (χ0) is 29.2. The smallest absolute Gasteiger partial charge is 0.228 e. The quantitative estimate of drug-likeness (QED) is 0.216. The van der Waals surface area contributed by atoms with Crippen molar-refractivity contribution in [3.8, 4) is 22.7 Å². The molecule has 6 rings (SSSR count). The molecule has 3 aromatic heterocycles. The number of nitrogens with zero attached hydrogens (tertiary/aromatic N) is 3. The highest BCUT2D eigenvalue weighted by atomic mass is 16.4. The molecule has 5 nitrogen and oxygen atoms in total. The van der Waals surface area contributed by atoms with E-state index in [1.54, 1.807) is 6.33 Å². The molecule has 0 radical (unpaired) electrons. The van der Waals surface area contributed by atoms with Crippen molar-refractivity contribution >= 4 is 33.0 Å². The van der Waals surface area contributed by atoms with Crippen LogP contribution in [0.5, 0.6) is 0 Å². The summed E-state index contributed by atoms with van der Waals surface area (Å²) in [7, 11) is 0. The van der Waals surface area contributed by atoms with Gasteiger partial charge >= 0.3 is 0 Å². The predicted molar refractivity (Wildman–Crippen MR) is 169 cm³/mol.